The summed E-state index contributed by atoms with van der Waals surface area (Å²) in [4.78, 5) is 11.0. The lowest BCUT2D eigenvalue weighted by molar-refractivity contribution is 0.378. The Hall–Kier alpha value is -2.19. The van der Waals surface area contributed by atoms with Crippen LogP contribution in [-0.2, 0) is 10.0 Å². The van der Waals surface area contributed by atoms with E-state index >= 15 is 0 Å². The number of anilines is 1. The molecule has 25 heavy (non-hydrogen) atoms. The fourth-order valence-corrected chi connectivity index (χ4v) is 4.37. The molecule has 0 N–H and O–H groups in total. The predicted octanol–water partition coefficient (Wildman–Crippen LogP) is 1.69. The number of ether oxygens (including phenoxy) is 1. The van der Waals surface area contributed by atoms with E-state index in [-0.39, 0.29) is 0 Å². The minimum absolute atomic E-state index is 0.327. The standard InChI is InChI=1S/C17H22N4O3S/c1-14-13-16(19-17(18-14)24-2)20-9-6-10-21(12-11-20)25(22,23)15-7-4-3-5-8-15/h3-5,7-8,13H,6,9-12H2,1-2H3. The van der Waals surface area contributed by atoms with Crippen LogP contribution in [0.2, 0.25) is 0 Å². The Labute approximate surface area is 148 Å². The maximum absolute atomic E-state index is 12.8. The fraction of sp³-hybridized carbons (Fsp3) is 0.412. The number of benzene rings is 1. The van der Waals surface area contributed by atoms with E-state index < -0.39 is 10.0 Å². The Balaban J connectivity index is 1.78. The molecule has 7 nitrogen and oxygen atoms in total. The zero-order valence-electron chi connectivity index (χ0n) is 14.4. The molecular formula is C17H22N4O3S. The maximum Gasteiger partial charge on any atom is 0.318 e. The number of aromatic nitrogens is 2. The van der Waals surface area contributed by atoms with Gasteiger partial charge >= 0.3 is 6.01 Å². The molecule has 3 rings (SSSR count). The van der Waals surface area contributed by atoms with Gasteiger partial charge in [0.15, 0.2) is 0 Å². The summed E-state index contributed by atoms with van der Waals surface area (Å²) in [5.74, 6) is 0.767. The second kappa shape index (κ2) is 7.37. The molecule has 1 aromatic carbocycles. The third kappa shape index (κ3) is 3.91. The molecule has 1 aliphatic rings. The van der Waals surface area contributed by atoms with Crippen molar-refractivity contribution in [1.82, 2.24) is 14.3 Å². The summed E-state index contributed by atoms with van der Waals surface area (Å²) in [6.07, 6.45) is 0.734. The first-order chi connectivity index (χ1) is 12.0. The van der Waals surface area contributed by atoms with E-state index in [1.807, 2.05) is 19.1 Å². The van der Waals surface area contributed by atoms with Gasteiger partial charge in [-0.25, -0.2) is 13.4 Å². The molecule has 0 atom stereocenters. The van der Waals surface area contributed by atoms with Crippen LogP contribution in [0.5, 0.6) is 6.01 Å². The molecule has 1 saturated heterocycles. The molecule has 0 spiro atoms. The fourth-order valence-electron chi connectivity index (χ4n) is 2.88. The van der Waals surface area contributed by atoms with Gasteiger partial charge in [-0.2, -0.15) is 9.29 Å². The zero-order valence-corrected chi connectivity index (χ0v) is 15.2. The predicted molar refractivity (Wildman–Crippen MR) is 95.4 cm³/mol. The van der Waals surface area contributed by atoms with Crippen molar-refractivity contribution in [1.29, 1.82) is 0 Å². The van der Waals surface area contributed by atoms with E-state index in [1.165, 1.54) is 7.11 Å². The third-order valence-electron chi connectivity index (χ3n) is 4.16. The quantitative estimate of drug-likeness (QED) is 0.824. The summed E-state index contributed by atoms with van der Waals surface area (Å²) in [5.41, 5.74) is 0.819. The maximum atomic E-state index is 12.8. The number of hydrogen-bond donors (Lipinski definition) is 0. The lowest BCUT2D eigenvalue weighted by Crippen LogP contribution is -2.35. The number of rotatable bonds is 4. The van der Waals surface area contributed by atoms with Gasteiger partial charge in [0.05, 0.1) is 12.0 Å². The third-order valence-corrected chi connectivity index (χ3v) is 6.08. The Morgan fingerprint density at radius 2 is 1.80 bits per heavy atom. The molecule has 1 aliphatic heterocycles. The molecule has 134 valence electrons. The first kappa shape index (κ1) is 17.6. The number of methoxy groups -OCH3 is 1. The van der Waals surface area contributed by atoms with Crippen LogP contribution >= 0.6 is 0 Å². The summed E-state index contributed by atoms with van der Waals surface area (Å²) in [7, 11) is -1.93. The van der Waals surface area contributed by atoms with Gasteiger partial charge in [-0.15, -0.1) is 0 Å². The highest BCUT2D eigenvalue weighted by atomic mass is 32.2. The molecule has 8 heteroatoms. The van der Waals surface area contributed by atoms with Crippen molar-refractivity contribution >= 4 is 15.8 Å². The summed E-state index contributed by atoms with van der Waals surface area (Å²) >= 11 is 0. The van der Waals surface area contributed by atoms with Gasteiger partial charge in [-0.1, -0.05) is 18.2 Å². The Bertz CT molecular complexity index is 827. The molecule has 2 aromatic rings. The molecular weight excluding hydrogens is 340 g/mol. The topological polar surface area (TPSA) is 75.6 Å². The molecule has 0 aliphatic carbocycles. The van der Waals surface area contributed by atoms with Crippen LogP contribution in [0.3, 0.4) is 0 Å². The first-order valence-electron chi connectivity index (χ1n) is 8.20. The summed E-state index contributed by atoms with van der Waals surface area (Å²) in [6, 6.07) is 10.8. The minimum Gasteiger partial charge on any atom is -0.467 e. The highest BCUT2D eigenvalue weighted by Gasteiger charge is 2.27. The average molecular weight is 362 g/mol. The normalized spacial score (nSPS) is 16.5. The molecule has 0 amide bonds. The van der Waals surface area contributed by atoms with Gasteiger partial charge in [0, 0.05) is 37.9 Å². The minimum atomic E-state index is -3.46. The highest BCUT2D eigenvalue weighted by Crippen LogP contribution is 2.21. The lowest BCUT2D eigenvalue weighted by atomic mass is 10.3. The zero-order chi connectivity index (χ0) is 17.9. The Kier molecular flexibility index (Phi) is 5.19. The molecule has 0 unspecified atom stereocenters. The van der Waals surface area contributed by atoms with Crippen molar-refractivity contribution in [2.75, 3.05) is 38.2 Å². The van der Waals surface area contributed by atoms with E-state index in [4.69, 9.17) is 4.74 Å². The van der Waals surface area contributed by atoms with Crippen LogP contribution in [0.1, 0.15) is 12.1 Å². The van der Waals surface area contributed by atoms with Crippen molar-refractivity contribution in [2.24, 2.45) is 0 Å². The Morgan fingerprint density at radius 3 is 2.52 bits per heavy atom. The molecule has 0 bridgehead atoms. The van der Waals surface area contributed by atoms with Crippen LogP contribution in [0.15, 0.2) is 41.3 Å². The molecule has 0 saturated carbocycles. The highest BCUT2D eigenvalue weighted by molar-refractivity contribution is 7.89. The summed E-state index contributed by atoms with van der Waals surface area (Å²) in [6.45, 7) is 4.11. The SMILES string of the molecule is COc1nc(C)cc(N2CCCN(S(=O)(=O)c3ccccc3)CC2)n1. The monoisotopic (exact) mass is 362 g/mol. The number of sulfonamides is 1. The van der Waals surface area contributed by atoms with E-state index in [0.717, 1.165) is 24.5 Å². The summed E-state index contributed by atoms with van der Waals surface area (Å²) < 4.78 is 32.3. The van der Waals surface area contributed by atoms with Crippen LogP contribution in [0.4, 0.5) is 5.82 Å². The smallest absolute Gasteiger partial charge is 0.318 e. The van der Waals surface area contributed by atoms with Crippen molar-refractivity contribution in [3.63, 3.8) is 0 Å². The molecule has 2 heterocycles. The van der Waals surface area contributed by atoms with Crippen molar-refractivity contribution in [3.05, 3.63) is 42.1 Å². The Morgan fingerprint density at radius 1 is 1.04 bits per heavy atom. The van der Waals surface area contributed by atoms with Gasteiger partial charge in [-0.3, -0.25) is 0 Å². The van der Waals surface area contributed by atoms with Crippen LogP contribution in [0, 0.1) is 6.92 Å². The number of aryl methyl sites for hydroxylation is 1. The van der Waals surface area contributed by atoms with Gasteiger partial charge in [-0.05, 0) is 25.5 Å². The van der Waals surface area contributed by atoms with Gasteiger partial charge in [0.2, 0.25) is 10.0 Å². The van der Waals surface area contributed by atoms with E-state index in [9.17, 15) is 8.42 Å². The molecule has 0 radical (unpaired) electrons. The van der Waals surface area contributed by atoms with Crippen molar-refractivity contribution in [3.8, 4) is 6.01 Å². The second-order valence-electron chi connectivity index (χ2n) is 5.91. The first-order valence-corrected chi connectivity index (χ1v) is 9.64. The summed E-state index contributed by atoms with van der Waals surface area (Å²) in [5, 5.41) is 0. The average Bonchev–Trinajstić information content (AvgIpc) is 2.88. The molecule has 1 aromatic heterocycles. The van der Waals surface area contributed by atoms with Crippen molar-refractivity contribution < 1.29 is 13.2 Å². The molecule has 1 fully saturated rings. The number of hydrogen-bond acceptors (Lipinski definition) is 6. The van der Waals surface area contributed by atoms with Crippen LogP contribution in [0.25, 0.3) is 0 Å². The van der Waals surface area contributed by atoms with E-state index in [0.29, 0.717) is 30.5 Å². The van der Waals surface area contributed by atoms with E-state index in [2.05, 4.69) is 14.9 Å². The van der Waals surface area contributed by atoms with Crippen LogP contribution in [-0.4, -0.2) is 56.0 Å². The van der Waals surface area contributed by atoms with Gasteiger partial charge in [0.1, 0.15) is 5.82 Å². The van der Waals surface area contributed by atoms with Gasteiger partial charge in [0.25, 0.3) is 0 Å². The van der Waals surface area contributed by atoms with Gasteiger partial charge < -0.3 is 9.64 Å². The lowest BCUT2D eigenvalue weighted by Gasteiger charge is -2.23. The largest absolute Gasteiger partial charge is 0.467 e. The van der Waals surface area contributed by atoms with Crippen molar-refractivity contribution in [2.45, 2.75) is 18.2 Å². The second-order valence-corrected chi connectivity index (χ2v) is 7.85. The van der Waals surface area contributed by atoms with E-state index in [1.54, 1.807) is 28.6 Å². The van der Waals surface area contributed by atoms with Crippen LogP contribution < -0.4 is 9.64 Å². The number of nitrogens with zero attached hydrogens (tertiary/aromatic N) is 4.